The second-order valence-electron chi connectivity index (χ2n) is 7.11. The molecule has 1 aliphatic heterocycles. The maximum Gasteiger partial charge on any atom is 0.255 e. The summed E-state index contributed by atoms with van der Waals surface area (Å²) in [6.45, 7) is 12.0. The fourth-order valence-electron chi connectivity index (χ4n) is 3.37. The van der Waals surface area contributed by atoms with Crippen molar-refractivity contribution in [2.24, 2.45) is 0 Å². The van der Waals surface area contributed by atoms with Crippen molar-refractivity contribution in [2.45, 2.75) is 59.8 Å². The van der Waals surface area contributed by atoms with Crippen LogP contribution in [0.1, 0.15) is 57.6 Å². The second-order valence-corrected chi connectivity index (χ2v) is 7.11. The lowest BCUT2D eigenvalue weighted by molar-refractivity contribution is -0.116. The van der Waals surface area contributed by atoms with E-state index in [0.29, 0.717) is 18.4 Å². The Labute approximate surface area is 162 Å². The molecule has 0 spiro atoms. The van der Waals surface area contributed by atoms with E-state index in [1.165, 1.54) is 0 Å². The topological polar surface area (TPSA) is 58.2 Å². The van der Waals surface area contributed by atoms with E-state index < -0.39 is 0 Å². The van der Waals surface area contributed by atoms with Crippen molar-refractivity contribution in [1.82, 2.24) is 0 Å². The van der Waals surface area contributed by atoms with Crippen LogP contribution < -0.4 is 10.6 Å². The van der Waals surface area contributed by atoms with Gasteiger partial charge in [0.25, 0.3) is 5.91 Å². The maximum absolute atomic E-state index is 13.0. The average Bonchev–Trinajstić information content (AvgIpc) is 2.61. The van der Waals surface area contributed by atoms with Gasteiger partial charge in [0.2, 0.25) is 5.91 Å². The summed E-state index contributed by atoms with van der Waals surface area (Å²) >= 11 is 0. The van der Waals surface area contributed by atoms with Gasteiger partial charge in [0.05, 0.1) is 0 Å². The number of fused-ring (bicyclic) bond motifs is 1. The van der Waals surface area contributed by atoms with Gasteiger partial charge in [0.1, 0.15) is 0 Å². The van der Waals surface area contributed by atoms with Gasteiger partial charge in [-0.2, -0.15) is 0 Å². The number of aryl methyl sites for hydroxylation is 2. The predicted octanol–water partition coefficient (Wildman–Crippen LogP) is 5.46. The molecule has 0 aliphatic carbocycles. The van der Waals surface area contributed by atoms with Crippen molar-refractivity contribution in [3.8, 4) is 0 Å². The third-order valence-electron chi connectivity index (χ3n) is 4.76. The first-order chi connectivity index (χ1) is 12.9. The molecule has 0 saturated carbocycles. The number of nitrogens with one attached hydrogen (secondary N) is 2. The van der Waals surface area contributed by atoms with Crippen LogP contribution in [0.25, 0.3) is 0 Å². The van der Waals surface area contributed by atoms with E-state index in [2.05, 4.69) is 24.1 Å². The zero-order valence-corrected chi connectivity index (χ0v) is 16.9. The van der Waals surface area contributed by atoms with Gasteiger partial charge in [0.15, 0.2) is 0 Å². The monoisotopic (exact) mass is 366 g/mol. The molecule has 1 aromatic carbocycles. The van der Waals surface area contributed by atoms with Gasteiger partial charge >= 0.3 is 0 Å². The number of hydrogen-bond acceptors (Lipinski definition) is 2. The highest BCUT2D eigenvalue weighted by atomic mass is 16.2. The normalized spacial score (nSPS) is 14.4. The van der Waals surface area contributed by atoms with E-state index in [0.717, 1.165) is 52.9 Å². The van der Waals surface area contributed by atoms with E-state index in [1.807, 2.05) is 45.1 Å². The SMILES string of the molecule is C=C(C)/C(CCCC)=C(\C=C/C)C(=O)Nc1cc(C)c2c(c1)CCC(=O)N2. The van der Waals surface area contributed by atoms with Crippen LogP contribution in [-0.4, -0.2) is 11.8 Å². The Morgan fingerprint density at radius 1 is 1.33 bits per heavy atom. The molecule has 0 aromatic heterocycles. The molecule has 2 amide bonds. The van der Waals surface area contributed by atoms with E-state index in [4.69, 9.17) is 0 Å². The zero-order valence-electron chi connectivity index (χ0n) is 16.9. The molecule has 2 rings (SSSR count). The van der Waals surface area contributed by atoms with E-state index in [9.17, 15) is 9.59 Å². The molecule has 1 aliphatic rings. The van der Waals surface area contributed by atoms with Crippen molar-refractivity contribution in [1.29, 1.82) is 0 Å². The molecular weight excluding hydrogens is 336 g/mol. The summed E-state index contributed by atoms with van der Waals surface area (Å²) in [5.41, 5.74) is 6.25. The molecule has 0 atom stereocenters. The maximum atomic E-state index is 13.0. The molecule has 27 heavy (non-hydrogen) atoms. The van der Waals surface area contributed by atoms with Crippen LogP contribution >= 0.6 is 0 Å². The van der Waals surface area contributed by atoms with Crippen LogP contribution in [-0.2, 0) is 16.0 Å². The van der Waals surface area contributed by atoms with Gasteiger partial charge < -0.3 is 10.6 Å². The molecule has 4 nitrogen and oxygen atoms in total. The van der Waals surface area contributed by atoms with Crippen LogP contribution in [0, 0.1) is 6.92 Å². The van der Waals surface area contributed by atoms with Crippen LogP contribution in [0.3, 0.4) is 0 Å². The molecule has 144 valence electrons. The number of allylic oxidation sites excluding steroid dienone is 3. The van der Waals surface area contributed by atoms with E-state index in [-0.39, 0.29) is 11.8 Å². The standard InChI is InChI=1S/C23H30N2O2/c1-6-8-10-19(15(3)4)20(9-7-2)23(27)24-18-13-16(5)22-17(14-18)11-12-21(26)25-22/h7,9,13-14H,3,6,8,10-12H2,1-2,4-5H3,(H,24,27)(H,25,26)/b9-7-,20-19+. The Hall–Kier alpha value is -2.62. The first-order valence-corrected chi connectivity index (χ1v) is 9.63. The lowest BCUT2D eigenvalue weighted by Gasteiger charge is -2.21. The molecule has 0 saturated heterocycles. The number of carbonyl (C=O) groups is 2. The van der Waals surface area contributed by atoms with Crippen LogP contribution in [0.5, 0.6) is 0 Å². The predicted molar refractivity (Wildman–Crippen MR) is 113 cm³/mol. The minimum Gasteiger partial charge on any atom is -0.326 e. The average molecular weight is 367 g/mol. The number of hydrogen-bond donors (Lipinski definition) is 2. The van der Waals surface area contributed by atoms with Crippen molar-refractivity contribution in [3.05, 3.63) is 58.7 Å². The third-order valence-corrected chi connectivity index (χ3v) is 4.76. The van der Waals surface area contributed by atoms with E-state index >= 15 is 0 Å². The Balaban J connectivity index is 2.34. The van der Waals surface area contributed by atoms with Crippen molar-refractivity contribution >= 4 is 23.2 Å². The molecule has 1 heterocycles. The molecule has 4 heteroatoms. The summed E-state index contributed by atoms with van der Waals surface area (Å²) in [6, 6.07) is 3.86. The largest absolute Gasteiger partial charge is 0.326 e. The van der Waals surface area contributed by atoms with Crippen LogP contribution in [0.15, 0.2) is 47.6 Å². The minimum atomic E-state index is -0.124. The summed E-state index contributed by atoms with van der Waals surface area (Å²) in [7, 11) is 0. The van der Waals surface area contributed by atoms with Gasteiger partial charge in [-0.3, -0.25) is 9.59 Å². The number of anilines is 2. The number of rotatable bonds is 7. The number of unbranched alkanes of at least 4 members (excludes halogenated alkanes) is 1. The highest BCUT2D eigenvalue weighted by molar-refractivity contribution is 6.07. The Bertz CT molecular complexity index is 816. The molecule has 0 fully saturated rings. The van der Waals surface area contributed by atoms with Crippen LogP contribution in [0.2, 0.25) is 0 Å². The molecular formula is C23H30N2O2. The Morgan fingerprint density at radius 2 is 2.07 bits per heavy atom. The third kappa shape index (κ3) is 5.19. The lowest BCUT2D eigenvalue weighted by atomic mass is 9.95. The first-order valence-electron chi connectivity index (χ1n) is 9.63. The number of benzene rings is 1. The van der Waals surface area contributed by atoms with Gasteiger partial charge in [-0.05, 0) is 68.9 Å². The number of amides is 2. The molecule has 0 radical (unpaired) electrons. The summed E-state index contributed by atoms with van der Waals surface area (Å²) in [4.78, 5) is 24.6. The zero-order chi connectivity index (χ0) is 20.0. The molecule has 2 N–H and O–H groups in total. The van der Waals surface area contributed by atoms with Gasteiger partial charge in [-0.25, -0.2) is 0 Å². The highest BCUT2D eigenvalue weighted by Gasteiger charge is 2.19. The summed E-state index contributed by atoms with van der Waals surface area (Å²) in [5.74, 6) is -0.0795. The number of carbonyl (C=O) groups excluding carboxylic acids is 2. The smallest absolute Gasteiger partial charge is 0.255 e. The van der Waals surface area contributed by atoms with Crippen LogP contribution in [0.4, 0.5) is 11.4 Å². The van der Waals surface area contributed by atoms with Crippen molar-refractivity contribution in [2.75, 3.05) is 10.6 Å². The molecule has 0 unspecified atom stereocenters. The summed E-state index contributed by atoms with van der Waals surface area (Å²) < 4.78 is 0. The first kappa shape index (κ1) is 20.7. The summed E-state index contributed by atoms with van der Waals surface area (Å²) in [5, 5.41) is 5.96. The second kappa shape index (κ2) is 9.36. The van der Waals surface area contributed by atoms with E-state index in [1.54, 1.807) is 0 Å². The van der Waals surface area contributed by atoms with Gasteiger partial charge in [-0.1, -0.05) is 37.6 Å². The Kier molecular flexibility index (Phi) is 7.17. The minimum absolute atomic E-state index is 0.0442. The molecule has 0 bridgehead atoms. The van der Waals surface area contributed by atoms with Gasteiger partial charge in [0, 0.05) is 23.4 Å². The summed E-state index contributed by atoms with van der Waals surface area (Å²) in [6.07, 6.45) is 7.85. The Morgan fingerprint density at radius 3 is 2.70 bits per heavy atom. The van der Waals surface area contributed by atoms with Crippen molar-refractivity contribution in [3.63, 3.8) is 0 Å². The fraction of sp³-hybridized carbons (Fsp3) is 0.391. The lowest BCUT2D eigenvalue weighted by Crippen LogP contribution is -2.21. The molecule has 1 aromatic rings. The van der Waals surface area contributed by atoms with Gasteiger partial charge in [-0.15, -0.1) is 0 Å². The fourth-order valence-corrected chi connectivity index (χ4v) is 3.37. The van der Waals surface area contributed by atoms with Crippen molar-refractivity contribution < 1.29 is 9.59 Å². The highest BCUT2D eigenvalue weighted by Crippen LogP contribution is 2.30. The quantitative estimate of drug-likeness (QED) is 0.497.